The number of benzene rings is 1. The molecule has 0 aliphatic carbocycles. The Labute approximate surface area is 127 Å². The average Bonchev–Trinajstić information content (AvgIpc) is 2.37. The van der Waals surface area contributed by atoms with Crippen molar-refractivity contribution in [2.75, 3.05) is 11.4 Å². The number of rotatable bonds is 5. The number of halogens is 4. The lowest BCUT2D eigenvalue weighted by molar-refractivity contribution is -0.393. The molecule has 0 saturated heterocycles. The Balaban J connectivity index is 3.80. The maximum Gasteiger partial charge on any atom is 0.416 e. The highest BCUT2D eigenvalue weighted by molar-refractivity contribution is 6.21. The first-order valence-corrected chi connectivity index (χ1v) is 6.39. The van der Waals surface area contributed by atoms with Crippen molar-refractivity contribution in [1.82, 2.24) is 0 Å². The molecule has 0 spiro atoms. The summed E-state index contributed by atoms with van der Waals surface area (Å²) in [7, 11) is 0. The first-order valence-electron chi connectivity index (χ1n) is 5.95. The predicted octanol–water partition coefficient (Wildman–Crippen LogP) is 3.93. The van der Waals surface area contributed by atoms with Crippen LogP contribution in [0.25, 0.3) is 0 Å². The van der Waals surface area contributed by atoms with Gasteiger partial charge in [-0.2, -0.15) is 13.2 Å². The molecular weight excluding hydrogens is 331 g/mol. The van der Waals surface area contributed by atoms with Crippen LogP contribution in [0.3, 0.4) is 0 Å². The third-order valence-corrected chi connectivity index (χ3v) is 3.08. The summed E-state index contributed by atoms with van der Waals surface area (Å²) in [5, 5.41) is 22.1. The van der Waals surface area contributed by atoms with Crippen LogP contribution in [0.5, 0.6) is 0 Å². The van der Waals surface area contributed by atoms with E-state index in [0.717, 1.165) is 4.90 Å². The van der Waals surface area contributed by atoms with Crippen LogP contribution in [-0.4, -0.2) is 21.9 Å². The molecule has 0 N–H and O–H groups in total. The molecule has 0 bridgehead atoms. The molecule has 0 saturated carbocycles. The Kier molecular flexibility index (Phi) is 5.17. The fourth-order valence-corrected chi connectivity index (χ4v) is 2.16. The van der Waals surface area contributed by atoms with Gasteiger partial charge in [0.1, 0.15) is 5.50 Å². The van der Waals surface area contributed by atoms with Crippen molar-refractivity contribution < 1.29 is 23.0 Å². The molecule has 0 radical (unpaired) electrons. The first-order chi connectivity index (χ1) is 10.0. The smallest absolute Gasteiger partial charge is 0.344 e. The predicted molar refractivity (Wildman–Crippen MR) is 73.1 cm³/mol. The topological polar surface area (TPSA) is 89.5 Å². The number of hydrogen-bond donors (Lipinski definition) is 0. The van der Waals surface area contributed by atoms with E-state index in [1.165, 1.54) is 13.8 Å². The highest BCUT2D eigenvalue weighted by Crippen LogP contribution is 2.43. The standard InChI is InChI=1S/C11H11ClF3N3O4/c1-3-16(6(2)12)10-8(17(19)20)4-7(11(13,14)15)5-9(10)18(21)22/h4-6H,3H2,1-2H3. The lowest BCUT2D eigenvalue weighted by Gasteiger charge is -2.25. The molecule has 1 aromatic carbocycles. The third-order valence-electron chi connectivity index (χ3n) is 2.85. The molecule has 22 heavy (non-hydrogen) atoms. The number of alkyl halides is 4. The summed E-state index contributed by atoms with van der Waals surface area (Å²) < 4.78 is 38.3. The molecule has 0 aromatic heterocycles. The molecular formula is C11H11ClF3N3O4. The van der Waals surface area contributed by atoms with Crippen LogP contribution in [0.2, 0.25) is 0 Å². The SMILES string of the molecule is CCN(c1c([N+](=O)[O-])cc(C(F)(F)F)cc1[N+](=O)[O-])C(C)Cl. The van der Waals surface area contributed by atoms with Gasteiger partial charge in [-0.05, 0) is 13.8 Å². The van der Waals surface area contributed by atoms with Crippen LogP contribution >= 0.6 is 11.6 Å². The fraction of sp³-hybridized carbons (Fsp3) is 0.455. The molecule has 1 rings (SSSR count). The van der Waals surface area contributed by atoms with Crippen molar-refractivity contribution in [2.24, 2.45) is 0 Å². The second kappa shape index (κ2) is 6.34. The number of nitrogens with zero attached hydrogens (tertiary/aromatic N) is 3. The molecule has 0 aliphatic rings. The number of hydrogen-bond acceptors (Lipinski definition) is 5. The molecule has 0 heterocycles. The van der Waals surface area contributed by atoms with Crippen LogP contribution in [0.15, 0.2) is 12.1 Å². The zero-order valence-electron chi connectivity index (χ0n) is 11.4. The van der Waals surface area contributed by atoms with Crippen molar-refractivity contribution in [3.8, 4) is 0 Å². The molecule has 1 unspecified atom stereocenters. The van der Waals surface area contributed by atoms with Crippen LogP contribution in [-0.2, 0) is 6.18 Å². The van der Waals surface area contributed by atoms with Gasteiger partial charge in [-0.1, -0.05) is 11.6 Å². The second-order valence-electron chi connectivity index (χ2n) is 4.24. The van der Waals surface area contributed by atoms with E-state index in [0.29, 0.717) is 0 Å². The first kappa shape index (κ1) is 18.0. The van der Waals surface area contributed by atoms with Crippen molar-refractivity contribution >= 4 is 28.7 Å². The van der Waals surface area contributed by atoms with Gasteiger partial charge in [0.15, 0.2) is 5.69 Å². The van der Waals surface area contributed by atoms with E-state index in [2.05, 4.69) is 0 Å². The Morgan fingerprint density at radius 3 is 1.86 bits per heavy atom. The summed E-state index contributed by atoms with van der Waals surface area (Å²) in [5.74, 6) is 0. The van der Waals surface area contributed by atoms with Gasteiger partial charge < -0.3 is 4.90 Å². The van der Waals surface area contributed by atoms with Gasteiger partial charge >= 0.3 is 6.18 Å². The molecule has 122 valence electrons. The minimum atomic E-state index is -4.95. The van der Waals surface area contributed by atoms with Gasteiger partial charge in [0, 0.05) is 18.7 Å². The molecule has 1 atom stereocenters. The van der Waals surface area contributed by atoms with Gasteiger partial charge in [-0.3, -0.25) is 20.2 Å². The maximum absolute atomic E-state index is 12.8. The van der Waals surface area contributed by atoms with Crippen LogP contribution in [0.4, 0.5) is 30.2 Å². The zero-order valence-corrected chi connectivity index (χ0v) is 12.2. The zero-order chi connectivity index (χ0) is 17.2. The molecule has 0 amide bonds. The van der Waals surface area contributed by atoms with Crippen molar-refractivity contribution in [3.05, 3.63) is 37.9 Å². The van der Waals surface area contributed by atoms with Crippen LogP contribution in [0, 0.1) is 20.2 Å². The van der Waals surface area contributed by atoms with Crippen molar-refractivity contribution in [3.63, 3.8) is 0 Å². The Morgan fingerprint density at radius 1 is 1.23 bits per heavy atom. The second-order valence-corrected chi connectivity index (χ2v) is 4.87. The minimum Gasteiger partial charge on any atom is -0.344 e. The number of nitro groups is 2. The lowest BCUT2D eigenvalue weighted by atomic mass is 10.1. The van der Waals surface area contributed by atoms with Gasteiger partial charge in [0.2, 0.25) is 0 Å². The summed E-state index contributed by atoms with van der Waals surface area (Å²) in [5.41, 5.74) is -4.94. The van der Waals surface area contributed by atoms with E-state index in [1.807, 2.05) is 0 Å². The molecule has 0 aliphatic heterocycles. The van der Waals surface area contributed by atoms with E-state index >= 15 is 0 Å². The van der Waals surface area contributed by atoms with Crippen molar-refractivity contribution in [2.45, 2.75) is 25.5 Å². The van der Waals surface area contributed by atoms with Gasteiger partial charge in [-0.15, -0.1) is 0 Å². The Bertz CT molecular complexity index is 572. The minimum absolute atomic E-state index is 0.0394. The van der Waals surface area contributed by atoms with Gasteiger partial charge in [0.25, 0.3) is 11.4 Å². The number of nitro benzene ring substituents is 2. The van der Waals surface area contributed by atoms with Crippen LogP contribution in [0.1, 0.15) is 19.4 Å². The normalized spacial score (nSPS) is 12.8. The quantitative estimate of drug-likeness (QED) is 0.350. The van der Waals surface area contributed by atoms with Crippen molar-refractivity contribution in [1.29, 1.82) is 0 Å². The summed E-state index contributed by atoms with van der Waals surface area (Å²) in [6.07, 6.45) is -4.95. The fourth-order valence-electron chi connectivity index (χ4n) is 1.93. The van der Waals surface area contributed by atoms with E-state index in [4.69, 9.17) is 11.6 Å². The van der Waals surface area contributed by atoms with E-state index in [9.17, 15) is 33.4 Å². The van der Waals surface area contributed by atoms with Gasteiger partial charge in [0.05, 0.1) is 15.4 Å². The number of anilines is 1. The lowest BCUT2D eigenvalue weighted by Crippen LogP contribution is -2.30. The highest BCUT2D eigenvalue weighted by atomic mass is 35.5. The third kappa shape index (κ3) is 3.56. The summed E-state index contributed by atoms with van der Waals surface area (Å²) in [4.78, 5) is 21.0. The molecule has 11 heteroatoms. The monoisotopic (exact) mass is 341 g/mol. The highest BCUT2D eigenvalue weighted by Gasteiger charge is 2.39. The summed E-state index contributed by atoms with van der Waals surface area (Å²) in [6, 6.07) is 0.536. The molecule has 0 fully saturated rings. The largest absolute Gasteiger partial charge is 0.416 e. The van der Waals surface area contributed by atoms with Gasteiger partial charge in [-0.25, -0.2) is 0 Å². The maximum atomic E-state index is 12.8. The summed E-state index contributed by atoms with van der Waals surface area (Å²) in [6.45, 7) is 2.96. The Morgan fingerprint density at radius 2 is 1.64 bits per heavy atom. The van der Waals surface area contributed by atoms with E-state index in [1.54, 1.807) is 0 Å². The van der Waals surface area contributed by atoms with E-state index in [-0.39, 0.29) is 18.7 Å². The van der Waals surface area contributed by atoms with E-state index < -0.39 is 44.1 Å². The average molecular weight is 342 g/mol. The van der Waals surface area contributed by atoms with Crippen LogP contribution < -0.4 is 4.90 Å². The summed E-state index contributed by atoms with van der Waals surface area (Å²) >= 11 is 5.82. The molecule has 1 aromatic rings. The Hall–Kier alpha value is -2.10. The molecule has 7 nitrogen and oxygen atoms in total.